The summed E-state index contributed by atoms with van der Waals surface area (Å²) in [5.41, 5.74) is 0. The van der Waals surface area contributed by atoms with Crippen molar-refractivity contribution in [1.29, 1.82) is 0 Å². The van der Waals surface area contributed by atoms with Gasteiger partial charge in [-0.2, -0.15) is 0 Å². The Kier molecular flexibility index (Phi) is 2.89. The van der Waals surface area contributed by atoms with E-state index in [0.717, 1.165) is 26.1 Å². The second-order valence-corrected chi connectivity index (χ2v) is 4.39. The fraction of sp³-hybridized carbons (Fsp3) is 1.00. The molecule has 0 bridgehead atoms. The van der Waals surface area contributed by atoms with Crippen molar-refractivity contribution in [1.82, 2.24) is 0 Å². The largest absolute Gasteiger partial charge is 0.350 e. The van der Waals surface area contributed by atoms with Gasteiger partial charge >= 0.3 is 0 Å². The molecule has 0 radical (unpaired) electrons. The molecule has 2 rings (SSSR count). The number of ether oxygens (including phenoxy) is 2. The Balaban J connectivity index is 1.81. The summed E-state index contributed by atoms with van der Waals surface area (Å²) in [5, 5.41) is 0. The van der Waals surface area contributed by atoms with Gasteiger partial charge in [0.2, 0.25) is 0 Å². The lowest BCUT2D eigenvalue weighted by molar-refractivity contribution is -0.279. The Bertz CT molecular complexity index is 151. The van der Waals surface area contributed by atoms with Crippen LogP contribution in [-0.2, 0) is 9.47 Å². The van der Waals surface area contributed by atoms with Crippen molar-refractivity contribution in [3.63, 3.8) is 0 Å². The van der Waals surface area contributed by atoms with Crippen LogP contribution in [0, 0.1) is 5.92 Å². The zero-order valence-electron chi connectivity index (χ0n) is 8.55. The fourth-order valence-corrected chi connectivity index (χ4v) is 2.41. The SMILES string of the molecule is CCCC1COC2(CCCC2)OC1. The highest BCUT2D eigenvalue weighted by molar-refractivity contribution is 4.81. The summed E-state index contributed by atoms with van der Waals surface area (Å²) in [6.45, 7) is 4.07. The van der Waals surface area contributed by atoms with E-state index < -0.39 is 0 Å². The van der Waals surface area contributed by atoms with Crippen LogP contribution < -0.4 is 0 Å². The predicted molar refractivity (Wildman–Crippen MR) is 51.5 cm³/mol. The summed E-state index contributed by atoms with van der Waals surface area (Å²) in [7, 11) is 0. The van der Waals surface area contributed by atoms with Gasteiger partial charge in [-0.25, -0.2) is 0 Å². The Hall–Kier alpha value is -0.0800. The molecular formula is C11H20O2. The van der Waals surface area contributed by atoms with E-state index in [1.807, 2.05) is 0 Å². The van der Waals surface area contributed by atoms with Crippen molar-refractivity contribution in [3.8, 4) is 0 Å². The highest BCUT2D eigenvalue weighted by atomic mass is 16.7. The quantitative estimate of drug-likeness (QED) is 0.657. The van der Waals surface area contributed by atoms with E-state index in [1.165, 1.54) is 25.7 Å². The van der Waals surface area contributed by atoms with Crippen molar-refractivity contribution in [2.24, 2.45) is 5.92 Å². The minimum Gasteiger partial charge on any atom is -0.350 e. The van der Waals surface area contributed by atoms with Crippen molar-refractivity contribution in [3.05, 3.63) is 0 Å². The van der Waals surface area contributed by atoms with E-state index in [0.29, 0.717) is 5.92 Å². The molecule has 0 N–H and O–H groups in total. The lowest BCUT2D eigenvalue weighted by Crippen LogP contribution is -2.41. The Morgan fingerprint density at radius 3 is 2.31 bits per heavy atom. The first kappa shape index (κ1) is 9.47. The third kappa shape index (κ3) is 2.05. The first-order valence-electron chi connectivity index (χ1n) is 5.62. The van der Waals surface area contributed by atoms with Gasteiger partial charge in [-0.3, -0.25) is 0 Å². The van der Waals surface area contributed by atoms with Gasteiger partial charge in [-0.05, 0) is 19.3 Å². The smallest absolute Gasteiger partial charge is 0.168 e. The van der Waals surface area contributed by atoms with Gasteiger partial charge in [0.1, 0.15) is 0 Å². The second kappa shape index (κ2) is 3.97. The van der Waals surface area contributed by atoms with Crippen LogP contribution in [0.5, 0.6) is 0 Å². The van der Waals surface area contributed by atoms with E-state index in [2.05, 4.69) is 6.92 Å². The van der Waals surface area contributed by atoms with Gasteiger partial charge in [0.15, 0.2) is 5.79 Å². The highest BCUT2D eigenvalue weighted by Gasteiger charge is 2.39. The molecule has 0 atom stereocenters. The Morgan fingerprint density at radius 2 is 1.77 bits per heavy atom. The van der Waals surface area contributed by atoms with Gasteiger partial charge in [0.05, 0.1) is 13.2 Å². The third-order valence-corrected chi connectivity index (χ3v) is 3.23. The second-order valence-electron chi connectivity index (χ2n) is 4.39. The van der Waals surface area contributed by atoms with Crippen molar-refractivity contribution in [2.45, 2.75) is 51.2 Å². The van der Waals surface area contributed by atoms with Crippen LogP contribution in [-0.4, -0.2) is 19.0 Å². The van der Waals surface area contributed by atoms with Gasteiger partial charge < -0.3 is 9.47 Å². The minimum atomic E-state index is -0.149. The van der Waals surface area contributed by atoms with Crippen LogP contribution in [0.25, 0.3) is 0 Å². The van der Waals surface area contributed by atoms with Gasteiger partial charge in [-0.1, -0.05) is 13.3 Å². The van der Waals surface area contributed by atoms with E-state index in [1.54, 1.807) is 0 Å². The summed E-state index contributed by atoms with van der Waals surface area (Å²) < 4.78 is 11.7. The zero-order valence-corrected chi connectivity index (χ0v) is 8.55. The number of hydrogen-bond acceptors (Lipinski definition) is 2. The molecule has 0 aromatic carbocycles. The monoisotopic (exact) mass is 184 g/mol. The average Bonchev–Trinajstić information content (AvgIpc) is 2.59. The topological polar surface area (TPSA) is 18.5 Å². The van der Waals surface area contributed by atoms with Gasteiger partial charge in [0, 0.05) is 18.8 Å². The summed E-state index contributed by atoms with van der Waals surface area (Å²) in [4.78, 5) is 0. The maximum absolute atomic E-state index is 5.87. The molecule has 1 saturated heterocycles. The van der Waals surface area contributed by atoms with E-state index in [-0.39, 0.29) is 5.79 Å². The molecule has 2 fully saturated rings. The van der Waals surface area contributed by atoms with E-state index in [9.17, 15) is 0 Å². The average molecular weight is 184 g/mol. The van der Waals surface area contributed by atoms with Gasteiger partial charge in [0.25, 0.3) is 0 Å². The molecule has 1 aliphatic carbocycles. The Morgan fingerprint density at radius 1 is 1.15 bits per heavy atom. The Labute approximate surface area is 80.6 Å². The molecule has 1 heterocycles. The van der Waals surface area contributed by atoms with Crippen LogP contribution in [0.1, 0.15) is 45.4 Å². The lowest BCUT2D eigenvalue weighted by atomic mass is 10.0. The molecule has 1 saturated carbocycles. The maximum atomic E-state index is 5.87. The third-order valence-electron chi connectivity index (χ3n) is 3.23. The van der Waals surface area contributed by atoms with Crippen molar-refractivity contribution >= 4 is 0 Å². The highest BCUT2D eigenvalue weighted by Crippen LogP contribution is 2.37. The molecule has 0 aromatic heterocycles. The molecule has 1 spiro atoms. The van der Waals surface area contributed by atoms with Crippen molar-refractivity contribution in [2.75, 3.05) is 13.2 Å². The molecule has 2 heteroatoms. The molecule has 76 valence electrons. The molecule has 0 unspecified atom stereocenters. The zero-order chi connectivity index (χ0) is 9.15. The van der Waals surface area contributed by atoms with Gasteiger partial charge in [-0.15, -0.1) is 0 Å². The molecule has 13 heavy (non-hydrogen) atoms. The molecule has 0 aromatic rings. The maximum Gasteiger partial charge on any atom is 0.168 e. The van der Waals surface area contributed by atoms with Crippen LogP contribution in [0.3, 0.4) is 0 Å². The van der Waals surface area contributed by atoms with Crippen LogP contribution in [0.15, 0.2) is 0 Å². The summed E-state index contributed by atoms with van der Waals surface area (Å²) in [6, 6.07) is 0. The molecule has 0 amide bonds. The van der Waals surface area contributed by atoms with Crippen LogP contribution in [0.2, 0.25) is 0 Å². The number of rotatable bonds is 2. The fourth-order valence-electron chi connectivity index (χ4n) is 2.41. The molecule has 2 aliphatic rings. The standard InChI is InChI=1S/C11H20O2/c1-2-5-10-8-12-11(13-9-10)6-3-4-7-11/h10H,2-9H2,1H3. The normalized spacial score (nSPS) is 28.4. The molecule has 1 aliphatic heterocycles. The minimum absolute atomic E-state index is 0.149. The van der Waals surface area contributed by atoms with Crippen LogP contribution in [0.4, 0.5) is 0 Å². The summed E-state index contributed by atoms with van der Waals surface area (Å²) in [5.74, 6) is 0.501. The number of hydrogen-bond donors (Lipinski definition) is 0. The van der Waals surface area contributed by atoms with Crippen molar-refractivity contribution < 1.29 is 9.47 Å². The first-order chi connectivity index (χ1) is 6.35. The lowest BCUT2D eigenvalue weighted by Gasteiger charge is -2.37. The van der Waals surface area contributed by atoms with E-state index in [4.69, 9.17) is 9.47 Å². The summed E-state index contributed by atoms with van der Waals surface area (Å²) >= 11 is 0. The first-order valence-corrected chi connectivity index (χ1v) is 5.62. The predicted octanol–water partition coefficient (Wildman–Crippen LogP) is 2.72. The molecular weight excluding hydrogens is 164 g/mol. The van der Waals surface area contributed by atoms with Crippen LogP contribution >= 0.6 is 0 Å². The van der Waals surface area contributed by atoms with E-state index >= 15 is 0 Å². The summed E-state index contributed by atoms with van der Waals surface area (Å²) in [6.07, 6.45) is 7.27. The molecule has 2 nitrogen and oxygen atoms in total.